The summed E-state index contributed by atoms with van der Waals surface area (Å²) in [5, 5.41) is 3.19. The van der Waals surface area contributed by atoms with Crippen LogP contribution in [0.3, 0.4) is 0 Å². The predicted molar refractivity (Wildman–Crippen MR) is 74.4 cm³/mol. The van der Waals surface area contributed by atoms with Gasteiger partial charge in [-0.1, -0.05) is 13.0 Å². The number of hydrogen-bond acceptors (Lipinski definition) is 2. The van der Waals surface area contributed by atoms with Gasteiger partial charge in [-0.25, -0.2) is 13.8 Å². The Labute approximate surface area is 117 Å². The molecule has 1 heterocycles. The molecule has 0 bridgehead atoms. The number of likely N-dealkylation sites (N-methyl/N-ethyl adjacent to an activating group) is 1. The Morgan fingerprint density at radius 1 is 1.30 bits per heavy atom. The Morgan fingerprint density at radius 3 is 2.75 bits per heavy atom. The summed E-state index contributed by atoms with van der Waals surface area (Å²) < 4.78 is 28.3. The van der Waals surface area contributed by atoms with Gasteiger partial charge in [-0.2, -0.15) is 0 Å². The Bertz CT molecular complexity index is 566. The number of nitrogens with one attached hydrogen (secondary N) is 1. The average molecular weight is 279 g/mol. The minimum Gasteiger partial charge on any atom is -0.334 e. The monoisotopic (exact) mass is 279 g/mol. The van der Waals surface area contributed by atoms with Gasteiger partial charge in [-0.3, -0.25) is 0 Å². The second-order valence-corrected chi connectivity index (χ2v) is 4.77. The standard InChI is InChI=1S/C15H19F2N3/c1-3-7-20-8-6-19-15(20)14(18-2)10-11-4-5-12(16)13(17)9-11/h4-6,8-9,14,18H,3,7,10H2,1-2H3. The number of hydrogen-bond donors (Lipinski definition) is 1. The molecule has 0 spiro atoms. The molecule has 1 N–H and O–H groups in total. The van der Waals surface area contributed by atoms with Crippen molar-refractivity contribution in [3.05, 3.63) is 53.6 Å². The van der Waals surface area contributed by atoms with E-state index in [4.69, 9.17) is 0 Å². The fourth-order valence-corrected chi connectivity index (χ4v) is 2.29. The third-order valence-corrected chi connectivity index (χ3v) is 3.30. The number of halogens is 2. The van der Waals surface area contributed by atoms with Crippen LogP contribution in [0.4, 0.5) is 8.78 Å². The molecular weight excluding hydrogens is 260 g/mol. The van der Waals surface area contributed by atoms with Gasteiger partial charge in [0.25, 0.3) is 0 Å². The Hall–Kier alpha value is -1.75. The lowest BCUT2D eigenvalue weighted by atomic mass is 10.0. The number of benzene rings is 1. The number of aromatic nitrogens is 2. The number of rotatable bonds is 6. The van der Waals surface area contributed by atoms with Gasteiger partial charge in [0.05, 0.1) is 6.04 Å². The normalized spacial score (nSPS) is 12.6. The molecule has 5 heteroatoms. The van der Waals surface area contributed by atoms with Gasteiger partial charge in [0.2, 0.25) is 0 Å². The molecule has 20 heavy (non-hydrogen) atoms. The van der Waals surface area contributed by atoms with E-state index in [2.05, 4.69) is 21.8 Å². The molecule has 0 saturated heterocycles. The molecule has 0 radical (unpaired) electrons. The van der Waals surface area contributed by atoms with Crippen LogP contribution in [-0.2, 0) is 13.0 Å². The zero-order valence-electron chi connectivity index (χ0n) is 11.7. The maximum Gasteiger partial charge on any atom is 0.159 e. The minimum atomic E-state index is -0.817. The van der Waals surface area contributed by atoms with E-state index in [1.807, 2.05) is 13.2 Å². The van der Waals surface area contributed by atoms with Crippen molar-refractivity contribution in [3.8, 4) is 0 Å². The highest BCUT2D eigenvalue weighted by Gasteiger charge is 2.16. The maximum atomic E-state index is 13.3. The lowest BCUT2D eigenvalue weighted by Crippen LogP contribution is -2.23. The van der Waals surface area contributed by atoms with Gasteiger partial charge in [-0.05, 0) is 37.6 Å². The largest absolute Gasteiger partial charge is 0.334 e. The molecule has 108 valence electrons. The predicted octanol–water partition coefficient (Wildman–Crippen LogP) is 3.07. The van der Waals surface area contributed by atoms with E-state index in [-0.39, 0.29) is 6.04 Å². The van der Waals surface area contributed by atoms with Crippen LogP contribution in [-0.4, -0.2) is 16.6 Å². The van der Waals surface area contributed by atoms with Gasteiger partial charge >= 0.3 is 0 Å². The van der Waals surface area contributed by atoms with Crippen molar-refractivity contribution in [2.45, 2.75) is 32.4 Å². The lowest BCUT2D eigenvalue weighted by Gasteiger charge is -2.17. The number of aryl methyl sites for hydroxylation is 1. The van der Waals surface area contributed by atoms with Crippen LogP contribution in [0.1, 0.15) is 30.8 Å². The van der Waals surface area contributed by atoms with Crippen LogP contribution in [0.25, 0.3) is 0 Å². The van der Waals surface area contributed by atoms with Crippen molar-refractivity contribution in [1.82, 2.24) is 14.9 Å². The Morgan fingerprint density at radius 2 is 2.10 bits per heavy atom. The summed E-state index contributed by atoms with van der Waals surface area (Å²) in [6, 6.07) is 3.99. The highest BCUT2D eigenvalue weighted by Crippen LogP contribution is 2.18. The van der Waals surface area contributed by atoms with Gasteiger partial charge in [0.15, 0.2) is 11.6 Å². The summed E-state index contributed by atoms with van der Waals surface area (Å²) in [6.07, 6.45) is 5.29. The number of nitrogens with zero attached hydrogens (tertiary/aromatic N) is 2. The quantitative estimate of drug-likeness (QED) is 0.880. The van der Waals surface area contributed by atoms with Gasteiger partial charge in [-0.15, -0.1) is 0 Å². The van der Waals surface area contributed by atoms with Crippen LogP contribution in [0.5, 0.6) is 0 Å². The minimum absolute atomic E-state index is 0.0265. The summed E-state index contributed by atoms with van der Waals surface area (Å²) >= 11 is 0. The summed E-state index contributed by atoms with van der Waals surface area (Å²) in [5.41, 5.74) is 0.745. The molecular formula is C15H19F2N3. The molecule has 0 saturated carbocycles. The van der Waals surface area contributed by atoms with Crippen molar-refractivity contribution < 1.29 is 8.78 Å². The first-order valence-corrected chi connectivity index (χ1v) is 6.78. The summed E-state index contributed by atoms with van der Waals surface area (Å²) in [5.74, 6) is -0.712. The molecule has 1 aromatic heterocycles. The van der Waals surface area contributed by atoms with E-state index in [9.17, 15) is 8.78 Å². The highest BCUT2D eigenvalue weighted by molar-refractivity contribution is 5.20. The van der Waals surface area contributed by atoms with Crippen LogP contribution < -0.4 is 5.32 Å². The molecule has 1 aromatic carbocycles. The molecule has 0 amide bonds. The second-order valence-electron chi connectivity index (χ2n) is 4.77. The lowest BCUT2D eigenvalue weighted by molar-refractivity contribution is 0.496. The van der Waals surface area contributed by atoms with Crippen LogP contribution in [0.2, 0.25) is 0 Å². The highest BCUT2D eigenvalue weighted by atomic mass is 19.2. The van der Waals surface area contributed by atoms with Crippen molar-refractivity contribution in [2.75, 3.05) is 7.05 Å². The summed E-state index contributed by atoms with van der Waals surface area (Å²) in [6.45, 7) is 3.00. The molecule has 1 unspecified atom stereocenters. The van der Waals surface area contributed by atoms with Crippen molar-refractivity contribution >= 4 is 0 Å². The first kappa shape index (κ1) is 14.7. The fraction of sp³-hybridized carbons (Fsp3) is 0.400. The molecule has 0 aliphatic carbocycles. The molecule has 2 rings (SSSR count). The van der Waals surface area contributed by atoms with E-state index in [1.54, 1.807) is 12.3 Å². The van der Waals surface area contributed by atoms with Gasteiger partial charge < -0.3 is 9.88 Å². The zero-order valence-corrected chi connectivity index (χ0v) is 11.7. The van der Waals surface area contributed by atoms with E-state index >= 15 is 0 Å². The van der Waals surface area contributed by atoms with Crippen molar-refractivity contribution in [3.63, 3.8) is 0 Å². The van der Waals surface area contributed by atoms with E-state index < -0.39 is 11.6 Å². The van der Waals surface area contributed by atoms with E-state index in [1.165, 1.54) is 6.07 Å². The fourth-order valence-electron chi connectivity index (χ4n) is 2.29. The molecule has 0 fully saturated rings. The summed E-state index contributed by atoms with van der Waals surface area (Å²) in [4.78, 5) is 4.37. The zero-order chi connectivity index (χ0) is 14.5. The topological polar surface area (TPSA) is 29.9 Å². The first-order valence-electron chi connectivity index (χ1n) is 6.78. The van der Waals surface area contributed by atoms with Gasteiger partial charge in [0.1, 0.15) is 5.82 Å². The maximum absolute atomic E-state index is 13.3. The van der Waals surface area contributed by atoms with Crippen molar-refractivity contribution in [1.29, 1.82) is 0 Å². The molecule has 0 aliphatic rings. The Balaban J connectivity index is 2.19. The van der Waals surface area contributed by atoms with Crippen molar-refractivity contribution in [2.24, 2.45) is 0 Å². The second kappa shape index (κ2) is 6.61. The molecule has 2 aromatic rings. The third-order valence-electron chi connectivity index (χ3n) is 3.30. The molecule has 0 aliphatic heterocycles. The van der Waals surface area contributed by atoms with E-state index in [0.717, 1.165) is 30.4 Å². The SMILES string of the molecule is CCCn1ccnc1C(Cc1ccc(F)c(F)c1)NC. The summed E-state index contributed by atoms with van der Waals surface area (Å²) in [7, 11) is 1.84. The smallest absolute Gasteiger partial charge is 0.159 e. The molecule has 1 atom stereocenters. The van der Waals surface area contributed by atoms with Crippen LogP contribution in [0.15, 0.2) is 30.6 Å². The number of imidazole rings is 1. The van der Waals surface area contributed by atoms with Crippen LogP contribution in [0, 0.1) is 11.6 Å². The first-order chi connectivity index (χ1) is 9.65. The van der Waals surface area contributed by atoms with Gasteiger partial charge in [0, 0.05) is 18.9 Å². The van der Waals surface area contributed by atoms with E-state index in [0.29, 0.717) is 6.42 Å². The van der Waals surface area contributed by atoms with Crippen LogP contribution >= 0.6 is 0 Å². The third kappa shape index (κ3) is 3.22. The molecule has 3 nitrogen and oxygen atoms in total. The average Bonchev–Trinajstić information content (AvgIpc) is 2.88. The Kier molecular flexibility index (Phi) is 4.84.